The number of ether oxygens (including phenoxy) is 1. The highest BCUT2D eigenvalue weighted by molar-refractivity contribution is 5.72. The highest BCUT2D eigenvalue weighted by Crippen LogP contribution is 2.24. The summed E-state index contributed by atoms with van der Waals surface area (Å²) in [5.41, 5.74) is -0.0488. The van der Waals surface area contributed by atoms with Gasteiger partial charge in [-0.15, -0.1) is 0 Å². The lowest BCUT2D eigenvalue weighted by atomic mass is 9.89. The molecule has 0 aliphatic heterocycles. The molecule has 1 saturated carbocycles. The summed E-state index contributed by atoms with van der Waals surface area (Å²) in [5, 5.41) is 13.7. The molecule has 0 aromatic carbocycles. The van der Waals surface area contributed by atoms with E-state index in [0.717, 1.165) is 32.1 Å². The Kier molecular flexibility index (Phi) is 6.31. The molecular weight excluding hydrogens is 298 g/mol. The van der Waals surface area contributed by atoms with E-state index in [2.05, 4.69) is 10.3 Å². The zero-order valence-electron chi connectivity index (χ0n) is 13.4. The van der Waals surface area contributed by atoms with Crippen molar-refractivity contribution < 1.29 is 14.5 Å². The van der Waals surface area contributed by atoms with E-state index in [-0.39, 0.29) is 30.2 Å². The number of nitrogens with one attached hydrogen (secondary N) is 1. The van der Waals surface area contributed by atoms with E-state index in [1.54, 1.807) is 6.07 Å². The van der Waals surface area contributed by atoms with E-state index in [0.29, 0.717) is 5.82 Å². The molecule has 7 nitrogen and oxygen atoms in total. The monoisotopic (exact) mass is 321 g/mol. The second-order valence-electron chi connectivity index (χ2n) is 5.87. The molecule has 1 N–H and O–H groups in total. The fourth-order valence-corrected chi connectivity index (χ4v) is 2.69. The molecular formula is C16H23N3O4. The first kappa shape index (κ1) is 17.2. The minimum atomic E-state index is -0.486. The number of hydrogen-bond donors (Lipinski definition) is 1. The minimum absolute atomic E-state index is 0.0405. The second kappa shape index (κ2) is 8.45. The molecule has 0 spiro atoms. The molecule has 1 atom stereocenters. The summed E-state index contributed by atoms with van der Waals surface area (Å²) in [6, 6.07) is 2.90. The second-order valence-corrected chi connectivity index (χ2v) is 5.87. The van der Waals surface area contributed by atoms with Crippen molar-refractivity contribution in [3.05, 3.63) is 28.4 Å². The first-order valence-electron chi connectivity index (χ1n) is 8.13. The number of anilines is 1. The number of nitro groups is 1. The highest BCUT2D eigenvalue weighted by Gasteiger charge is 2.23. The van der Waals surface area contributed by atoms with Crippen molar-refractivity contribution in [2.24, 2.45) is 5.92 Å². The van der Waals surface area contributed by atoms with Crippen molar-refractivity contribution in [1.29, 1.82) is 0 Å². The first-order chi connectivity index (χ1) is 11.1. The molecule has 126 valence electrons. The van der Waals surface area contributed by atoms with Crippen molar-refractivity contribution >= 4 is 17.5 Å². The van der Waals surface area contributed by atoms with Gasteiger partial charge in [0.25, 0.3) is 5.69 Å². The zero-order valence-corrected chi connectivity index (χ0v) is 13.4. The minimum Gasteiger partial charge on any atom is -0.463 e. The SMILES string of the molecule is CCC(COC(=O)C1CCCCC1)Nc1ccc([N+](=O)[O-])cn1. The predicted octanol–water partition coefficient (Wildman–Crippen LogP) is 3.30. The van der Waals surface area contributed by atoms with Gasteiger partial charge in [-0.1, -0.05) is 26.2 Å². The number of hydrogen-bond acceptors (Lipinski definition) is 6. The summed E-state index contributed by atoms with van der Waals surface area (Å²) in [6.07, 6.45) is 7.22. The van der Waals surface area contributed by atoms with E-state index in [1.807, 2.05) is 6.92 Å². The van der Waals surface area contributed by atoms with Crippen molar-refractivity contribution in [3.8, 4) is 0 Å². The largest absolute Gasteiger partial charge is 0.463 e. The van der Waals surface area contributed by atoms with Crippen LogP contribution in [0.2, 0.25) is 0 Å². The van der Waals surface area contributed by atoms with Crippen LogP contribution in [0.1, 0.15) is 45.4 Å². The Morgan fingerprint density at radius 1 is 1.43 bits per heavy atom. The fourth-order valence-electron chi connectivity index (χ4n) is 2.69. The van der Waals surface area contributed by atoms with Gasteiger partial charge in [-0.2, -0.15) is 0 Å². The molecule has 0 radical (unpaired) electrons. The smallest absolute Gasteiger partial charge is 0.309 e. The van der Waals surface area contributed by atoms with Crippen LogP contribution in [-0.2, 0) is 9.53 Å². The van der Waals surface area contributed by atoms with Crippen molar-refractivity contribution in [1.82, 2.24) is 4.98 Å². The predicted molar refractivity (Wildman–Crippen MR) is 86.1 cm³/mol. The van der Waals surface area contributed by atoms with E-state index in [1.165, 1.54) is 18.7 Å². The number of aromatic nitrogens is 1. The van der Waals surface area contributed by atoms with Crippen LogP contribution in [0, 0.1) is 16.0 Å². The number of carbonyl (C=O) groups excluding carboxylic acids is 1. The van der Waals surface area contributed by atoms with E-state index in [9.17, 15) is 14.9 Å². The van der Waals surface area contributed by atoms with Gasteiger partial charge in [0.1, 0.15) is 18.6 Å². The van der Waals surface area contributed by atoms with Gasteiger partial charge in [-0.05, 0) is 25.3 Å². The molecule has 0 saturated heterocycles. The Morgan fingerprint density at radius 2 is 2.17 bits per heavy atom. The molecule has 0 amide bonds. The normalized spacial score (nSPS) is 16.6. The quantitative estimate of drug-likeness (QED) is 0.470. The maximum atomic E-state index is 12.0. The van der Waals surface area contributed by atoms with Gasteiger partial charge in [-0.25, -0.2) is 4.98 Å². The highest BCUT2D eigenvalue weighted by atomic mass is 16.6. The molecule has 1 heterocycles. The Labute approximate surface area is 135 Å². The van der Waals surface area contributed by atoms with Gasteiger partial charge in [0.05, 0.1) is 16.9 Å². The molecule has 1 aliphatic rings. The average molecular weight is 321 g/mol. The van der Waals surface area contributed by atoms with Crippen molar-refractivity contribution in [3.63, 3.8) is 0 Å². The van der Waals surface area contributed by atoms with Gasteiger partial charge in [0.2, 0.25) is 0 Å². The zero-order chi connectivity index (χ0) is 16.7. The molecule has 0 bridgehead atoms. The van der Waals surface area contributed by atoms with Gasteiger partial charge in [0, 0.05) is 6.07 Å². The molecule has 2 rings (SSSR count). The van der Waals surface area contributed by atoms with Crippen LogP contribution in [0.15, 0.2) is 18.3 Å². The number of carbonyl (C=O) groups is 1. The number of esters is 1. The van der Waals surface area contributed by atoms with E-state index < -0.39 is 4.92 Å². The van der Waals surface area contributed by atoms with Crippen LogP contribution < -0.4 is 5.32 Å². The lowest BCUT2D eigenvalue weighted by molar-refractivity contribution is -0.385. The molecule has 1 aromatic heterocycles. The van der Waals surface area contributed by atoms with E-state index >= 15 is 0 Å². The third kappa shape index (κ3) is 5.19. The third-order valence-electron chi connectivity index (χ3n) is 4.17. The number of nitrogens with zero attached hydrogens (tertiary/aromatic N) is 2. The molecule has 23 heavy (non-hydrogen) atoms. The molecule has 7 heteroatoms. The lowest BCUT2D eigenvalue weighted by Crippen LogP contribution is -2.29. The molecule has 1 aliphatic carbocycles. The summed E-state index contributed by atoms with van der Waals surface area (Å²) in [7, 11) is 0. The first-order valence-corrected chi connectivity index (χ1v) is 8.13. The Bertz CT molecular complexity index is 527. The topological polar surface area (TPSA) is 94.4 Å². The molecule has 1 fully saturated rings. The Balaban J connectivity index is 1.82. The standard InChI is InChI=1S/C16H23N3O4/c1-2-13(11-23-16(20)12-6-4-3-5-7-12)18-15-9-8-14(10-17-15)19(21)22/h8-10,12-13H,2-7,11H2,1H3,(H,17,18). The van der Waals surface area contributed by atoms with Gasteiger partial charge >= 0.3 is 5.97 Å². The average Bonchev–Trinajstić information content (AvgIpc) is 2.59. The maximum Gasteiger partial charge on any atom is 0.309 e. The van der Waals surface area contributed by atoms with Gasteiger partial charge < -0.3 is 10.1 Å². The molecule has 1 unspecified atom stereocenters. The van der Waals surface area contributed by atoms with Crippen LogP contribution >= 0.6 is 0 Å². The maximum absolute atomic E-state index is 12.0. The summed E-state index contributed by atoms with van der Waals surface area (Å²) in [5.74, 6) is 0.469. The third-order valence-corrected chi connectivity index (χ3v) is 4.17. The Morgan fingerprint density at radius 3 is 2.74 bits per heavy atom. The summed E-state index contributed by atoms with van der Waals surface area (Å²) in [4.78, 5) is 26.2. The van der Waals surface area contributed by atoms with Crippen molar-refractivity contribution in [2.75, 3.05) is 11.9 Å². The number of rotatable bonds is 7. The van der Waals surface area contributed by atoms with Gasteiger partial charge in [-0.3, -0.25) is 14.9 Å². The van der Waals surface area contributed by atoms with Crippen LogP contribution in [0.25, 0.3) is 0 Å². The summed E-state index contributed by atoms with van der Waals surface area (Å²) in [6.45, 7) is 2.27. The summed E-state index contributed by atoms with van der Waals surface area (Å²) >= 11 is 0. The van der Waals surface area contributed by atoms with Gasteiger partial charge in [0.15, 0.2) is 0 Å². The van der Waals surface area contributed by atoms with Crippen LogP contribution in [-0.4, -0.2) is 28.5 Å². The van der Waals surface area contributed by atoms with E-state index in [4.69, 9.17) is 4.74 Å². The van der Waals surface area contributed by atoms with Crippen LogP contribution in [0.3, 0.4) is 0 Å². The fraction of sp³-hybridized carbons (Fsp3) is 0.625. The number of pyridine rings is 1. The van der Waals surface area contributed by atoms with Crippen LogP contribution in [0.4, 0.5) is 11.5 Å². The molecule has 1 aromatic rings. The van der Waals surface area contributed by atoms with Crippen molar-refractivity contribution in [2.45, 2.75) is 51.5 Å². The summed E-state index contributed by atoms with van der Waals surface area (Å²) < 4.78 is 5.43. The van der Waals surface area contributed by atoms with Crippen LogP contribution in [0.5, 0.6) is 0 Å². The lowest BCUT2D eigenvalue weighted by Gasteiger charge is -2.22. The Hall–Kier alpha value is -2.18.